The number of aliphatic hydroxyl groups is 6. The molecular weight excluding hydrogens is 1970 g/mol. The Morgan fingerprint density at radius 3 is 1.18 bits per heavy atom. The molecule has 9 N–H and O–H groups in total. The van der Waals surface area contributed by atoms with Gasteiger partial charge in [-0.1, -0.05) is 194 Å². The van der Waals surface area contributed by atoms with Crippen LogP contribution in [0.4, 0.5) is 31.4 Å². The first-order valence-electron chi connectivity index (χ1n) is 50.9. The van der Waals surface area contributed by atoms with Crippen LogP contribution in [-0.4, -0.2) is 251 Å². The number of anilines is 3. The molecule has 0 aromatic heterocycles. The lowest BCUT2D eigenvalue weighted by atomic mass is 9.81. The smallest absolute Gasteiger partial charge is 0.409 e. The maximum atomic E-state index is 14.5. The first-order chi connectivity index (χ1) is 68.7. The number of Topliss-reactive ketones (excluding diaryl/α,β-unsaturated/α-hetero) is 3. The molecule has 9 fully saturated rings. The van der Waals surface area contributed by atoms with Crippen LogP contribution < -0.4 is 30.7 Å². The first-order valence-corrected chi connectivity index (χ1v) is 52.0. The number of alkyl carbamates (subject to hydrolysis) is 3. The Hall–Kier alpha value is -10.3. The number of epoxide rings is 3. The zero-order chi connectivity index (χ0) is 110. The highest BCUT2D eigenvalue weighted by atomic mass is 35.5. The molecule has 15 rings (SSSR count). The van der Waals surface area contributed by atoms with Crippen LogP contribution in [0.5, 0.6) is 0 Å². The molecule has 3 aromatic carbocycles. The van der Waals surface area contributed by atoms with E-state index < -0.39 is 255 Å². The summed E-state index contributed by atoms with van der Waals surface area (Å²) < 4.78 is 53.6. The topological polar surface area (TPSA) is 485 Å². The highest BCUT2D eigenvalue weighted by Crippen LogP contribution is 2.55. The van der Waals surface area contributed by atoms with E-state index in [0.29, 0.717) is 39.8 Å². The highest BCUT2D eigenvalue weighted by molar-refractivity contribution is 6.36. The second kappa shape index (κ2) is 43.5. The fourth-order valence-electron chi connectivity index (χ4n) is 21.3. The number of nitrogens with zero attached hydrogens (tertiary/aromatic N) is 4. The molecule has 9 saturated heterocycles. The van der Waals surface area contributed by atoms with E-state index in [1.807, 2.05) is 142 Å². The fourth-order valence-corrected chi connectivity index (χ4v) is 22.0. The van der Waals surface area contributed by atoms with Crippen molar-refractivity contribution in [2.75, 3.05) is 41.4 Å². The lowest BCUT2D eigenvalue weighted by molar-refractivity contribution is -0.169. The number of rotatable bonds is 0. The minimum atomic E-state index is -2.59. The number of esters is 3. The van der Waals surface area contributed by atoms with E-state index in [1.54, 1.807) is 80.5 Å². The van der Waals surface area contributed by atoms with Gasteiger partial charge in [-0.3, -0.25) is 59.1 Å². The van der Waals surface area contributed by atoms with Gasteiger partial charge in [0.2, 0.25) is 23.3 Å². The Bertz CT molecular complexity index is 5970. The molecule has 148 heavy (non-hydrogen) atoms. The third-order valence-electron chi connectivity index (χ3n) is 32.9. The number of nitrogens with one attached hydrogen (secondary N) is 3. The van der Waals surface area contributed by atoms with Crippen molar-refractivity contribution in [3.63, 3.8) is 0 Å². The van der Waals surface area contributed by atoms with Crippen LogP contribution in [0.15, 0.2) is 108 Å². The summed E-state index contributed by atoms with van der Waals surface area (Å²) in [6.07, 6.45) is 6.22. The van der Waals surface area contributed by atoms with Gasteiger partial charge >= 0.3 is 36.2 Å². The predicted octanol–water partition coefficient (Wildman–Crippen LogP) is 13.4. The molecule has 0 radical (unpaired) electrons. The first kappa shape index (κ1) is 115. The number of likely N-dealkylation sites (N-methyl/N-ethyl adjacent to an activating group) is 1. The second-order valence-corrected chi connectivity index (χ2v) is 45.8. The average Bonchev–Trinajstić information content (AvgIpc) is 1.57. The standard InChI is InChI=1S/2C37H49ClN2O9.C36H46ClN3O10/c1-19-10-9-11-22(4)37(46)17-27(47-34(44)39-37)24(6)32-36(8,49-32)29-16-30(42)40(26-15-25(12-19)13-20(2)31(26)38)18-23(5)35(7,45)28(41)14-21(3)33(43)48-29;1-19-10-9-11-22(4)37(46)18-27(47-34(44)39-37)24(6)32-36(8,49-32)29-17-30(42)40(26-16-25(23(19)5)14-20(2)31(26)38)13-12-35(7,45)28(41)15-21(3)33(43)48-29;1-18-10-9-11-20(3)36(47)16-25(48-33(45)38-36)21(4)30-35(7,50-30)27-15-28(42)40(24-14-23(12-18)13-19(2)29(24)37)17-26(41)34(6,46)32(44)39(8)22(5)31(43)49-27/h9-11,13,15,21-24,27,29,32,45-46H,12,14,16-18H2,1-8H3,(H,39,44);9-11,14,16,21-24,27,29,32,45-46H,12-13,15,17-18H2,1-8H3,(H,39,44);9-11,13-14,20-22,25,27,30,46-47H,12,15-17H2,1-8H3,(H,38,45)/b2*11-9+,19-10+;11-9+,18-10+/t2*21-,22-,23?,24-,27+,29+,32?,35?,36+,37+;20-,21-,22+,25+,27+,30?,34?,35+,36+/m111/s1. The van der Waals surface area contributed by atoms with Crippen molar-refractivity contribution < 1.29 is 136 Å². The fraction of sp³-hybridized carbons (Fsp3) is 0.609. The van der Waals surface area contributed by atoms with E-state index in [9.17, 15) is 93.0 Å². The minimum absolute atomic E-state index is 0.0246. The Balaban J connectivity index is 0.000000185. The van der Waals surface area contributed by atoms with Gasteiger partial charge < -0.3 is 92.9 Å². The maximum Gasteiger partial charge on any atom is 0.409 e. The maximum absolute atomic E-state index is 14.5. The molecule has 18 bridgehead atoms. The van der Waals surface area contributed by atoms with Crippen molar-refractivity contribution in [3.05, 3.63) is 156 Å². The quantitative estimate of drug-likeness (QED) is 0.0437. The average molecular weight is 2120 g/mol. The van der Waals surface area contributed by atoms with E-state index in [4.69, 9.17) is 77.4 Å². The molecule has 38 heteroatoms. The van der Waals surface area contributed by atoms with Crippen LogP contribution in [-0.2, 0) is 103 Å². The number of amides is 7. The van der Waals surface area contributed by atoms with Gasteiger partial charge in [-0.25, -0.2) is 19.2 Å². The van der Waals surface area contributed by atoms with Crippen molar-refractivity contribution in [2.45, 2.75) is 348 Å². The SMILES string of the molecule is C/C1=C\C=C\[C@@H](C)[C@@]2(O)C[C@H](OC(=O)N2)[C@@H](C)C2O[C@@]2(C)[C@@H]2CC(=O)N(CC(=O)C(C)(O)C(=O)N(C)[C@@H](C)C(=O)O2)c2cc(cc(C)c2Cl)C1.C/C1=C\C=C\[C@@H](C)[C@@]2(O)C[C@H](OC(=O)N2)[C@@H](C)C2O[C@@]2(C)[C@@H]2CC(=O)N(CC(C)C(C)(O)C(=O)C[C@@H](C)C(=O)O2)c2cc(cc(C)c2Cl)C1.C/C1=C\C=C\[C@@H](C)[C@@]2(O)C[C@H](OC(=O)N2)[C@@H](C)C2O[C@@]2(C)[C@@H]2CC(=O)N(CCC(C)(O)C(=O)C[C@@H](C)C(=O)O2)c2cc(cc(C)c2Cl)C1C. The monoisotopic (exact) mass is 2120 g/mol. The number of carbonyl (C=O) groups excluding carboxylic acids is 13. The third-order valence-corrected chi connectivity index (χ3v) is 34.4. The Morgan fingerprint density at radius 2 is 0.770 bits per heavy atom. The number of ether oxygens (including phenoxy) is 9. The molecule has 29 atom stereocenters. The highest BCUT2D eigenvalue weighted by Gasteiger charge is 2.69. The number of hydrogen-bond acceptors (Lipinski definition) is 28. The van der Waals surface area contributed by atoms with Crippen molar-refractivity contribution in [1.29, 1.82) is 0 Å². The van der Waals surface area contributed by atoms with Crippen LogP contribution in [0, 0.1) is 74.0 Å². The molecule has 7 amide bonds. The van der Waals surface area contributed by atoms with Crippen molar-refractivity contribution in [3.8, 4) is 0 Å². The number of fused-ring (bicyclic) bond motifs is 30. The van der Waals surface area contributed by atoms with Gasteiger partial charge in [-0.05, 0) is 154 Å². The minimum Gasteiger partial charge on any atom is -0.458 e. The van der Waals surface area contributed by atoms with Gasteiger partial charge in [0.15, 0.2) is 17.3 Å². The van der Waals surface area contributed by atoms with E-state index in [1.165, 1.54) is 37.6 Å². The Morgan fingerprint density at radius 1 is 0.412 bits per heavy atom. The zero-order valence-electron chi connectivity index (χ0n) is 88.7. The van der Waals surface area contributed by atoms with Crippen LogP contribution in [0.2, 0.25) is 15.1 Å². The lowest BCUT2D eigenvalue weighted by Gasteiger charge is -2.41. The summed E-state index contributed by atoms with van der Waals surface area (Å²) in [7, 11) is 1.27. The molecule has 0 aliphatic carbocycles. The number of halogens is 3. The largest absolute Gasteiger partial charge is 0.458 e. The molecule has 12 aliphatic heterocycles. The molecule has 12 heterocycles. The van der Waals surface area contributed by atoms with E-state index in [-0.39, 0.29) is 81.1 Å². The van der Waals surface area contributed by atoms with Gasteiger partial charge in [-0.2, -0.15) is 0 Å². The Kier molecular flexibility index (Phi) is 33.7. The summed E-state index contributed by atoms with van der Waals surface area (Å²) in [4.78, 5) is 181. The lowest BCUT2D eigenvalue weighted by Crippen LogP contribution is -2.61. The number of allylic oxidation sites excluding steroid dienone is 9. The van der Waals surface area contributed by atoms with E-state index >= 15 is 0 Å². The number of ketones is 3. The van der Waals surface area contributed by atoms with Crippen molar-refractivity contribution in [2.24, 2.45) is 53.3 Å². The Labute approximate surface area is 878 Å². The normalized spacial score (nSPS) is 40.2. The second-order valence-electron chi connectivity index (χ2n) is 44.7. The van der Waals surface area contributed by atoms with Crippen LogP contribution >= 0.6 is 34.8 Å². The summed E-state index contributed by atoms with van der Waals surface area (Å²) in [6, 6.07) is 9.87. The summed E-state index contributed by atoms with van der Waals surface area (Å²) >= 11 is 20.6. The molecule has 12 aliphatic rings. The molecule has 8 unspecified atom stereocenters. The van der Waals surface area contributed by atoms with Gasteiger partial charge in [0.05, 0.1) is 88.1 Å². The number of aryl methyl sites for hydroxylation is 3. The van der Waals surface area contributed by atoms with E-state index in [0.717, 1.165) is 61.3 Å². The van der Waals surface area contributed by atoms with Crippen LogP contribution in [0.3, 0.4) is 0 Å². The summed E-state index contributed by atoms with van der Waals surface area (Å²) in [5.41, 5.74) is -6.17. The summed E-state index contributed by atoms with van der Waals surface area (Å²) in [5, 5.41) is 77.4. The van der Waals surface area contributed by atoms with Crippen LogP contribution in [0.25, 0.3) is 0 Å². The molecule has 808 valence electrons. The molecular formula is C110H144Cl3N7O28. The van der Waals surface area contributed by atoms with Crippen molar-refractivity contribution in [1.82, 2.24) is 20.9 Å². The van der Waals surface area contributed by atoms with Crippen molar-refractivity contribution >= 4 is 129 Å². The summed E-state index contributed by atoms with van der Waals surface area (Å²) in [6.45, 7) is 38.6. The number of benzene rings is 3. The molecule has 0 spiro atoms. The zero-order valence-corrected chi connectivity index (χ0v) is 91.0. The predicted molar refractivity (Wildman–Crippen MR) is 548 cm³/mol. The number of carbonyl (C=O) groups is 13. The van der Waals surface area contributed by atoms with Gasteiger partial charge in [0.25, 0.3) is 5.91 Å². The third kappa shape index (κ3) is 23.9. The van der Waals surface area contributed by atoms with Gasteiger partial charge in [0.1, 0.15) is 87.8 Å². The van der Waals surface area contributed by atoms with E-state index in [2.05, 4.69) is 16.0 Å². The molecule has 0 saturated carbocycles. The van der Waals surface area contributed by atoms with Gasteiger partial charge in [0, 0.05) is 106 Å². The molecule has 3 aromatic rings. The number of hydrogen-bond donors (Lipinski definition) is 9. The van der Waals surface area contributed by atoms with Gasteiger partial charge in [-0.15, -0.1) is 0 Å². The van der Waals surface area contributed by atoms with Crippen LogP contribution in [0.1, 0.15) is 236 Å². The summed E-state index contributed by atoms with van der Waals surface area (Å²) in [5.74, 6) is -12.5. The molecule has 35 nitrogen and oxygen atoms in total.